The van der Waals surface area contributed by atoms with Crippen LogP contribution in [0.15, 0.2) is 229 Å². The van der Waals surface area contributed by atoms with Crippen molar-refractivity contribution >= 4 is 71.5 Å². The van der Waals surface area contributed by atoms with Crippen LogP contribution in [0.5, 0.6) is 0 Å². The number of rotatable bonds is 7. The third kappa shape index (κ3) is 5.88. The highest BCUT2D eigenvalue weighted by Crippen LogP contribution is 2.43. The molecule has 0 bridgehead atoms. The molecule has 286 valence electrons. The molecule has 4 heteroatoms. The molecule has 0 aliphatic heterocycles. The lowest BCUT2D eigenvalue weighted by atomic mass is 9.96. The second-order valence-electron chi connectivity index (χ2n) is 15.5. The minimum atomic E-state index is 0.624. The maximum Gasteiger partial charge on any atom is 0.227 e. The summed E-state index contributed by atoms with van der Waals surface area (Å²) in [5.41, 5.74) is 13.9. The van der Waals surface area contributed by atoms with Crippen molar-refractivity contribution in [1.29, 1.82) is 0 Å². The Labute approximate surface area is 352 Å². The number of aromatic nitrogens is 2. The molecule has 0 spiro atoms. The van der Waals surface area contributed by atoms with Crippen LogP contribution in [0.3, 0.4) is 0 Å². The second kappa shape index (κ2) is 14.3. The molecule has 2 heterocycles. The van der Waals surface area contributed by atoms with Crippen molar-refractivity contribution < 1.29 is 4.42 Å². The number of nitrogens with zero attached hydrogens (tertiary/aromatic N) is 3. The monoisotopic (exact) mass is 779 g/mol. The number of oxazole rings is 1. The molecule has 0 radical (unpaired) electrons. The van der Waals surface area contributed by atoms with E-state index in [1.807, 2.05) is 30.3 Å². The first-order chi connectivity index (χ1) is 30.2. The number of benzene rings is 10. The van der Waals surface area contributed by atoms with Crippen LogP contribution in [-0.4, -0.2) is 9.55 Å². The van der Waals surface area contributed by atoms with Crippen molar-refractivity contribution in [3.63, 3.8) is 0 Å². The van der Waals surface area contributed by atoms with Crippen LogP contribution in [-0.2, 0) is 0 Å². The van der Waals surface area contributed by atoms with Crippen molar-refractivity contribution in [2.45, 2.75) is 0 Å². The van der Waals surface area contributed by atoms with Crippen LogP contribution in [0.4, 0.5) is 17.1 Å². The lowest BCUT2D eigenvalue weighted by Gasteiger charge is -2.26. The van der Waals surface area contributed by atoms with Crippen molar-refractivity contribution in [3.05, 3.63) is 224 Å². The van der Waals surface area contributed by atoms with E-state index in [9.17, 15) is 0 Å². The van der Waals surface area contributed by atoms with E-state index < -0.39 is 0 Å². The Morgan fingerprint density at radius 2 is 0.951 bits per heavy atom. The van der Waals surface area contributed by atoms with Crippen LogP contribution in [0.1, 0.15) is 0 Å². The van der Waals surface area contributed by atoms with E-state index in [-0.39, 0.29) is 0 Å². The normalized spacial score (nSPS) is 11.6. The minimum Gasteiger partial charge on any atom is -0.436 e. The molecule has 2 aromatic heterocycles. The molecular formula is C57H37N3O. The standard InChI is InChI=1S/C57H37N3O/c1-3-15-41(16-4-1)57-58-56-50-23-10-9-21-48(50)51(37-55(56)61-57)40-28-32-44(33-29-40)59(43-30-26-39(27-31-43)47-24-13-17-38-14-7-8-20-46(38)47)45-34-35-54-52(36-45)49-22-11-12-25-53(49)60(54)42-18-5-2-6-19-42/h1-37H. The summed E-state index contributed by atoms with van der Waals surface area (Å²) in [5, 5.41) is 7.11. The Morgan fingerprint density at radius 3 is 1.70 bits per heavy atom. The average Bonchev–Trinajstić information content (AvgIpc) is 3.92. The van der Waals surface area contributed by atoms with Gasteiger partial charge in [-0.2, -0.15) is 0 Å². The molecule has 0 saturated carbocycles. The van der Waals surface area contributed by atoms with Gasteiger partial charge in [-0.3, -0.25) is 0 Å². The molecule has 0 saturated heterocycles. The highest BCUT2D eigenvalue weighted by Gasteiger charge is 2.20. The highest BCUT2D eigenvalue weighted by atomic mass is 16.3. The van der Waals surface area contributed by atoms with Crippen molar-refractivity contribution in [3.8, 4) is 39.4 Å². The van der Waals surface area contributed by atoms with Gasteiger partial charge in [0.1, 0.15) is 5.52 Å². The smallest absolute Gasteiger partial charge is 0.227 e. The van der Waals surface area contributed by atoms with Gasteiger partial charge in [0.15, 0.2) is 5.58 Å². The van der Waals surface area contributed by atoms with Crippen molar-refractivity contribution in [1.82, 2.24) is 9.55 Å². The fourth-order valence-electron chi connectivity index (χ4n) is 9.16. The minimum absolute atomic E-state index is 0.624. The van der Waals surface area contributed by atoms with Gasteiger partial charge in [0.25, 0.3) is 0 Å². The zero-order chi connectivity index (χ0) is 40.3. The lowest BCUT2D eigenvalue weighted by molar-refractivity contribution is 0.620. The Kier molecular flexibility index (Phi) is 8.13. The molecule has 0 N–H and O–H groups in total. The molecular weight excluding hydrogens is 743 g/mol. The van der Waals surface area contributed by atoms with Gasteiger partial charge in [0.05, 0.1) is 11.0 Å². The van der Waals surface area contributed by atoms with E-state index in [0.29, 0.717) is 5.89 Å². The number of anilines is 3. The van der Waals surface area contributed by atoms with E-state index in [0.717, 1.165) is 61.3 Å². The molecule has 0 fully saturated rings. The largest absolute Gasteiger partial charge is 0.436 e. The van der Waals surface area contributed by atoms with Gasteiger partial charge < -0.3 is 13.9 Å². The average molecular weight is 780 g/mol. The van der Waals surface area contributed by atoms with Crippen LogP contribution < -0.4 is 4.90 Å². The number of fused-ring (bicyclic) bond motifs is 7. The molecule has 0 aliphatic carbocycles. The summed E-state index contributed by atoms with van der Waals surface area (Å²) in [7, 11) is 0. The first kappa shape index (κ1) is 34.8. The molecule has 0 amide bonds. The first-order valence-corrected chi connectivity index (χ1v) is 20.7. The molecule has 4 nitrogen and oxygen atoms in total. The summed E-state index contributed by atoms with van der Waals surface area (Å²) in [4.78, 5) is 7.34. The molecule has 0 unspecified atom stereocenters. The van der Waals surface area contributed by atoms with Crippen LogP contribution >= 0.6 is 0 Å². The fraction of sp³-hybridized carbons (Fsp3) is 0. The number of hydrogen-bond donors (Lipinski definition) is 0. The van der Waals surface area contributed by atoms with Crippen molar-refractivity contribution in [2.75, 3.05) is 4.90 Å². The Hall–Kier alpha value is -8.21. The predicted molar refractivity (Wildman–Crippen MR) is 254 cm³/mol. The molecule has 12 rings (SSSR count). The summed E-state index contributed by atoms with van der Waals surface area (Å²) in [6.45, 7) is 0. The van der Waals surface area contributed by atoms with Gasteiger partial charge in [-0.1, -0.05) is 146 Å². The van der Waals surface area contributed by atoms with Gasteiger partial charge >= 0.3 is 0 Å². The summed E-state index contributed by atoms with van der Waals surface area (Å²) >= 11 is 0. The summed E-state index contributed by atoms with van der Waals surface area (Å²) in [6.07, 6.45) is 0. The Bertz CT molecular complexity index is 3560. The summed E-state index contributed by atoms with van der Waals surface area (Å²) in [5.74, 6) is 0.624. The van der Waals surface area contributed by atoms with E-state index in [1.165, 1.54) is 43.7 Å². The van der Waals surface area contributed by atoms with E-state index in [2.05, 4.69) is 204 Å². The Balaban J connectivity index is 1.00. The van der Waals surface area contributed by atoms with E-state index in [1.54, 1.807) is 0 Å². The summed E-state index contributed by atoms with van der Waals surface area (Å²) < 4.78 is 8.81. The molecule has 12 aromatic rings. The van der Waals surface area contributed by atoms with E-state index in [4.69, 9.17) is 9.40 Å². The Morgan fingerprint density at radius 1 is 0.377 bits per heavy atom. The third-order valence-corrected chi connectivity index (χ3v) is 12.0. The topological polar surface area (TPSA) is 34.2 Å². The predicted octanol–water partition coefficient (Wildman–Crippen LogP) is 15.7. The van der Waals surface area contributed by atoms with Gasteiger partial charge in [0, 0.05) is 44.5 Å². The fourth-order valence-corrected chi connectivity index (χ4v) is 9.16. The van der Waals surface area contributed by atoms with Gasteiger partial charge in [-0.15, -0.1) is 0 Å². The SMILES string of the molecule is c1ccc(-c2nc3c(cc(-c4ccc(N(c5ccc(-c6cccc7ccccc67)cc5)c5ccc6c(c5)c5ccccc5n6-c5ccccc5)cc4)c4ccccc43)o2)cc1. The quantitative estimate of drug-likeness (QED) is 0.162. The molecule has 0 atom stereocenters. The maximum absolute atomic E-state index is 6.44. The van der Waals surface area contributed by atoms with Crippen molar-refractivity contribution in [2.24, 2.45) is 0 Å². The summed E-state index contributed by atoms with van der Waals surface area (Å²) in [6, 6.07) is 80.0. The molecule has 10 aromatic carbocycles. The zero-order valence-electron chi connectivity index (χ0n) is 33.1. The van der Waals surface area contributed by atoms with E-state index >= 15 is 0 Å². The van der Waals surface area contributed by atoms with Crippen LogP contribution in [0, 0.1) is 0 Å². The molecule has 61 heavy (non-hydrogen) atoms. The van der Waals surface area contributed by atoms with Gasteiger partial charge in [-0.25, -0.2) is 4.98 Å². The maximum atomic E-state index is 6.44. The van der Waals surface area contributed by atoms with Crippen LogP contribution in [0.25, 0.3) is 93.8 Å². The molecule has 0 aliphatic rings. The first-order valence-electron chi connectivity index (χ1n) is 20.7. The van der Waals surface area contributed by atoms with Gasteiger partial charge in [0.2, 0.25) is 5.89 Å². The second-order valence-corrected chi connectivity index (χ2v) is 15.5. The highest BCUT2D eigenvalue weighted by molar-refractivity contribution is 6.12. The third-order valence-electron chi connectivity index (χ3n) is 12.0. The van der Waals surface area contributed by atoms with Crippen LogP contribution in [0.2, 0.25) is 0 Å². The lowest BCUT2D eigenvalue weighted by Crippen LogP contribution is -2.10. The number of hydrogen-bond acceptors (Lipinski definition) is 3. The number of para-hydroxylation sites is 2. The van der Waals surface area contributed by atoms with Gasteiger partial charge in [-0.05, 0) is 117 Å². The zero-order valence-corrected chi connectivity index (χ0v) is 33.1.